The number of hydrogen-bond donors (Lipinski definition) is 3. The van der Waals surface area contributed by atoms with Crippen LogP contribution in [0.4, 0.5) is 4.39 Å². The summed E-state index contributed by atoms with van der Waals surface area (Å²) in [7, 11) is 1.74. The molecule has 0 spiro atoms. The van der Waals surface area contributed by atoms with Crippen molar-refractivity contribution in [2.75, 3.05) is 13.6 Å². The number of rotatable bonds is 5. The van der Waals surface area contributed by atoms with Gasteiger partial charge < -0.3 is 20.0 Å². The topological polar surface area (TPSA) is 69.5 Å². The van der Waals surface area contributed by atoms with Crippen LogP contribution in [0.3, 0.4) is 0 Å². The summed E-state index contributed by atoms with van der Waals surface area (Å²) in [6, 6.07) is 8.75. The minimum atomic E-state index is -0.233. The van der Waals surface area contributed by atoms with E-state index in [4.69, 9.17) is 0 Å². The van der Waals surface area contributed by atoms with Crippen LogP contribution in [0.1, 0.15) is 11.3 Å². The quantitative estimate of drug-likeness (QED) is 0.326. The first kappa shape index (κ1) is 18.5. The van der Waals surface area contributed by atoms with E-state index in [-0.39, 0.29) is 5.82 Å². The van der Waals surface area contributed by atoms with Crippen LogP contribution < -0.4 is 10.6 Å². The minimum absolute atomic E-state index is 0.233. The third-order valence-corrected chi connectivity index (χ3v) is 5.01. The molecule has 4 rings (SSSR count). The minimum Gasteiger partial charge on any atom is -0.361 e. The van der Waals surface area contributed by atoms with Crippen molar-refractivity contribution >= 4 is 38.4 Å². The average Bonchev–Trinajstić information content (AvgIpc) is 3.27. The van der Waals surface area contributed by atoms with E-state index in [0.29, 0.717) is 19.0 Å². The van der Waals surface area contributed by atoms with Gasteiger partial charge in [0.1, 0.15) is 11.5 Å². The third-order valence-electron chi connectivity index (χ3n) is 4.54. The molecule has 3 N–H and O–H groups in total. The van der Waals surface area contributed by atoms with Crippen molar-refractivity contribution in [2.45, 2.75) is 13.0 Å². The summed E-state index contributed by atoms with van der Waals surface area (Å²) < 4.78 is 16.3. The number of halogens is 2. The van der Waals surface area contributed by atoms with Gasteiger partial charge >= 0.3 is 0 Å². The molecule has 0 aliphatic carbocycles. The highest BCUT2D eigenvalue weighted by Crippen LogP contribution is 2.19. The highest BCUT2D eigenvalue weighted by atomic mass is 79.9. The number of aliphatic imine (C=N–C) groups is 1. The number of H-pyrrole nitrogens is 1. The molecule has 0 atom stereocenters. The van der Waals surface area contributed by atoms with Gasteiger partial charge in [0.2, 0.25) is 0 Å². The van der Waals surface area contributed by atoms with E-state index in [1.54, 1.807) is 7.05 Å². The molecule has 144 valence electrons. The molecule has 0 radical (unpaired) electrons. The van der Waals surface area contributed by atoms with Crippen LogP contribution in [-0.2, 0) is 13.0 Å². The monoisotopic (exact) mass is 442 g/mol. The van der Waals surface area contributed by atoms with Crippen molar-refractivity contribution in [3.63, 3.8) is 0 Å². The second kappa shape index (κ2) is 8.02. The first-order valence-electron chi connectivity index (χ1n) is 8.95. The molecule has 0 unspecified atom stereocenters. The van der Waals surface area contributed by atoms with Crippen molar-refractivity contribution in [2.24, 2.45) is 4.99 Å². The van der Waals surface area contributed by atoms with Gasteiger partial charge in [-0.3, -0.25) is 4.99 Å². The molecular formula is C20H20BrFN6. The SMILES string of the molecule is CN=C(NCCc1c[nH]c2cc(F)ccc12)NCc1cn2cc(Br)ccc2n1. The number of imidazole rings is 1. The summed E-state index contributed by atoms with van der Waals surface area (Å²) in [4.78, 5) is 12.0. The molecule has 8 heteroatoms. The molecule has 3 heterocycles. The Labute approximate surface area is 170 Å². The number of hydrogen-bond acceptors (Lipinski definition) is 2. The zero-order chi connectivity index (χ0) is 19.5. The number of nitrogens with zero attached hydrogens (tertiary/aromatic N) is 3. The number of nitrogens with one attached hydrogen (secondary N) is 3. The molecule has 0 aliphatic rings. The third kappa shape index (κ3) is 4.01. The van der Waals surface area contributed by atoms with E-state index in [1.165, 1.54) is 12.1 Å². The maximum absolute atomic E-state index is 13.3. The summed E-state index contributed by atoms with van der Waals surface area (Å²) in [5, 5.41) is 7.63. The van der Waals surface area contributed by atoms with Crippen molar-refractivity contribution in [3.8, 4) is 0 Å². The van der Waals surface area contributed by atoms with Crippen LogP contribution in [0.25, 0.3) is 16.6 Å². The van der Waals surface area contributed by atoms with Crippen LogP contribution in [0.5, 0.6) is 0 Å². The predicted molar refractivity (Wildman–Crippen MR) is 113 cm³/mol. The zero-order valence-electron chi connectivity index (χ0n) is 15.3. The molecule has 28 heavy (non-hydrogen) atoms. The van der Waals surface area contributed by atoms with E-state index < -0.39 is 0 Å². The van der Waals surface area contributed by atoms with Gasteiger partial charge in [0, 0.05) is 47.6 Å². The number of benzene rings is 1. The van der Waals surface area contributed by atoms with E-state index >= 15 is 0 Å². The molecule has 0 saturated heterocycles. The Kier molecular flexibility index (Phi) is 5.29. The summed E-state index contributed by atoms with van der Waals surface area (Å²) in [5.41, 5.74) is 3.79. The molecule has 0 bridgehead atoms. The number of aromatic amines is 1. The lowest BCUT2D eigenvalue weighted by Crippen LogP contribution is -2.37. The maximum atomic E-state index is 13.3. The predicted octanol–water partition coefficient (Wildman–Crippen LogP) is 3.62. The van der Waals surface area contributed by atoms with Crippen LogP contribution in [-0.4, -0.2) is 33.9 Å². The fraction of sp³-hybridized carbons (Fsp3) is 0.200. The zero-order valence-corrected chi connectivity index (χ0v) is 16.9. The lowest BCUT2D eigenvalue weighted by atomic mass is 10.1. The number of aromatic nitrogens is 3. The molecule has 0 saturated carbocycles. The van der Waals surface area contributed by atoms with Crippen LogP contribution in [0.2, 0.25) is 0 Å². The molecule has 1 aromatic carbocycles. The Balaban J connectivity index is 1.33. The molecule has 0 amide bonds. The molecule has 3 aromatic heterocycles. The summed E-state index contributed by atoms with van der Waals surface area (Å²) in [6.07, 6.45) is 6.70. The number of guanidine groups is 1. The van der Waals surface area contributed by atoms with E-state index in [2.05, 4.69) is 41.5 Å². The van der Waals surface area contributed by atoms with Crippen molar-refractivity contribution in [3.05, 3.63) is 70.5 Å². The Morgan fingerprint density at radius 1 is 1.25 bits per heavy atom. The van der Waals surface area contributed by atoms with Crippen molar-refractivity contribution < 1.29 is 4.39 Å². The van der Waals surface area contributed by atoms with Crippen molar-refractivity contribution in [1.82, 2.24) is 25.0 Å². The first-order valence-corrected chi connectivity index (χ1v) is 9.75. The first-order chi connectivity index (χ1) is 13.6. The van der Waals surface area contributed by atoms with Gasteiger partial charge in [-0.1, -0.05) is 0 Å². The second-order valence-electron chi connectivity index (χ2n) is 6.45. The smallest absolute Gasteiger partial charge is 0.191 e. The van der Waals surface area contributed by atoms with Crippen LogP contribution in [0.15, 0.2) is 58.4 Å². The standard InChI is InChI=1S/C20H20BrFN6/c1-23-20(26-10-16-12-28-11-14(21)2-5-19(28)27-16)24-7-6-13-9-25-18-8-15(22)3-4-17(13)18/h2-5,8-9,11-12,25H,6-7,10H2,1H3,(H2,23,24,26). The molecule has 0 aliphatic heterocycles. The van der Waals surface area contributed by atoms with E-state index in [1.807, 2.05) is 41.2 Å². The second-order valence-corrected chi connectivity index (χ2v) is 7.37. The Bertz CT molecular complexity index is 1150. The Morgan fingerprint density at radius 3 is 3.00 bits per heavy atom. The van der Waals surface area contributed by atoms with Gasteiger partial charge in [-0.15, -0.1) is 0 Å². The highest BCUT2D eigenvalue weighted by Gasteiger charge is 2.06. The van der Waals surface area contributed by atoms with Gasteiger partial charge in [0.25, 0.3) is 0 Å². The van der Waals surface area contributed by atoms with Crippen LogP contribution in [0, 0.1) is 5.82 Å². The number of fused-ring (bicyclic) bond motifs is 2. The summed E-state index contributed by atoms with van der Waals surface area (Å²) in [5.74, 6) is 0.479. The average molecular weight is 443 g/mol. The molecule has 0 fully saturated rings. The van der Waals surface area contributed by atoms with Gasteiger partial charge in [-0.05, 0) is 58.2 Å². The fourth-order valence-electron chi connectivity index (χ4n) is 3.18. The summed E-state index contributed by atoms with van der Waals surface area (Å²) >= 11 is 3.46. The van der Waals surface area contributed by atoms with Gasteiger partial charge in [-0.25, -0.2) is 9.37 Å². The highest BCUT2D eigenvalue weighted by molar-refractivity contribution is 9.10. The molecular weight excluding hydrogens is 423 g/mol. The van der Waals surface area contributed by atoms with Crippen LogP contribution >= 0.6 is 15.9 Å². The van der Waals surface area contributed by atoms with E-state index in [0.717, 1.165) is 38.7 Å². The van der Waals surface area contributed by atoms with Gasteiger partial charge in [0.05, 0.1) is 12.2 Å². The normalized spacial score (nSPS) is 12.0. The Morgan fingerprint density at radius 2 is 2.14 bits per heavy atom. The lowest BCUT2D eigenvalue weighted by molar-refractivity contribution is 0.629. The number of pyridine rings is 1. The van der Waals surface area contributed by atoms with E-state index in [9.17, 15) is 4.39 Å². The van der Waals surface area contributed by atoms with Crippen molar-refractivity contribution in [1.29, 1.82) is 0 Å². The lowest BCUT2D eigenvalue weighted by Gasteiger charge is -2.10. The Hall–Kier alpha value is -2.87. The van der Waals surface area contributed by atoms with Gasteiger partial charge in [0.15, 0.2) is 5.96 Å². The molecule has 4 aromatic rings. The maximum Gasteiger partial charge on any atom is 0.191 e. The summed E-state index contributed by atoms with van der Waals surface area (Å²) in [6.45, 7) is 1.29. The fourth-order valence-corrected chi connectivity index (χ4v) is 3.53. The largest absolute Gasteiger partial charge is 0.361 e. The van der Waals surface area contributed by atoms with Gasteiger partial charge in [-0.2, -0.15) is 0 Å². The molecule has 6 nitrogen and oxygen atoms in total.